The molecule has 0 spiro atoms. The number of hydrogen-bond acceptors (Lipinski definition) is 4. The number of nitrogens with two attached hydrogens (primary N) is 2. The van der Waals surface area contributed by atoms with Crippen LogP contribution in [0.5, 0.6) is 0 Å². The Kier molecular flexibility index (Phi) is 4.42. The van der Waals surface area contributed by atoms with E-state index in [0.29, 0.717) is 11.4 Å². The highest BCUT2D eigenvalue weighted by Gasteiger charge is 2.11. The first-order chi connectivity index (χ1) is 12.0. The number of para-hydroxylation sites is 2. The lowest BCUT2D eigenvalue weighted by molar-refractivity contribution is 0.101. The van der Waals surface area contributed by atoms with Crippen molar-refractivity contribution in [3.05, 3.63) is 59.9 Å². The van der Waals surface area contributed by atoms with Crippen LogP contribution in [0.15, 0.2) is 58.7 Å². The molecule has 126 valence electrons. The monoisotopic (exact) mass is 335 g/mol. The van der Waals surface area contributed by atoms with E-state index in [0.717, 1.165) is 16.6 Å². The van der Waals surface area contributed by atoms with Crippen LogP contribution in [0.1, 0.15) is 23.1 Å². The maximum atomic E-state index is 12.3. The maximum absolute atomic E-state index is 12.3. The largest absolute Gasteiger partial charge is 0.369 e. The van der Waals surface area contributed by atoms with Gasteiger partial charge in [-0.15, -0.1) is 5.10 Å². The van der Waals surface area contributed by atoms with Gasteiger partial charge < -0.3 is 21.8 Å². The van der Waals surface area contributed by atoms with Gasteiger partial charge in [-0.3, -0.25) is 4.79 Å². The molecule has 8 nitrogen and oxygen atoms in total. The molecule has 1 heterocycles. The topological polar surface area (TPSA) is 135 Å². The Morgan fingerprint density at radius 2 is 1.80 bits per heavy atom. The number of nitrogens with one attached hydrogen (secondary N) is 2. The first kappa shape index (κ1) is 16.2. The van der Waals surface area contributed by atoms with Crippen molar-refractivity contribution in [1.29, 1.82) is 0 Å². The van der Waals surface area contributed by atoms with E-state index in [-0.39, 0.29) is 17.7 Å². The van der Waals surface area contributed by atoms with E-state index in [1.165, 1.54) is 0 Å². The second-order valence-electron chi connectivity index (χ2n) is 5.34. The molecule has 1 amide bonds. The van der Waals surface area contributed by atoms with Crippen LogP contribution < -0.4 is 16.8 Å². The smallest absolute Gasteiger partial charge is 0.291 e. The van der Waals surface area contributed by atoms with Gasteiger partial charge in [-0.1, -0.05) is 24.3 Å². The van der Waals surface area contributed by atoms with E-state index in [9.17, 15) is 4.79 Å². The van der Waals surface area contributed by atoms with Crippen molar-refractivity contribution >= 4 is 34.3 Å². The number of H-pyrrole nitrogens is 1. The molecular formula is C17H17N7O. The van der Waals surface area contributed by atoms with E-state index < -0.39 is 0 Å². The van der Waals surface area contributed by atoms with Crippen molar-refractivity contribution in [2.24, 2.45) is 21.7 Å². The van der Waals surface area contributed by atoms with Gasteiger partial charge in [-0.25, -0.2) is 4.98 Å². The molecular weight excluding hydrogens is 318 g/mol. The second kappa shape index (κ2) is 6.83. The Balaban J connectivity index is 1.73. The number of benzene rings is 2. The number of carbonyl (C=O) groups excluding carboxylic acids is 1. The molecule has 0 saturated carbocycles. The first-order valence-corrected chi connectivity index (χ1v) is 7.52. The van der Waals surface area contributed by atoms with Gasteiger partial charge in [-0.05, 0) is 36.8 Å². The van der Waals surface area contributed by atoms with Gasteiger partial charge >= 0.3 is 0 Å². The van der Waals surface area contributed by atoms with Crippen LogP contribution >= 0.6 is 0 Å². The summed E-state index contributed by atoms with van der Waals surface area (Å²) < 4.78 is 0. The number of hydrogen-bond donors (Lipinski definition) is 4. The molecule has 0 radical (unpaired) electrons. The average molecular weight is 335 g/mol. The third-order valence-electron chi connectivity index (χ3n) is 3.48. The summed E-state index contributed by atoms with van der Waals surface area (Å²) >= 11 is 0. The fourth-order valence-electron chi connectivity index (χ4n) is 2.24. The summed E-state index contributed by atoms with van der Waals surface area (Å²) in [5.41, 5.74) is 14.2. The predicted octanol–water partition coefficient (Wildman–Crippen LogP) is 1.81. The number of aromatic amines is 1. The molecule has 25 heavy (non-hydrogen) atoms. The molecule has 0 aliphatic carbocycles. The van der Waals surface area contributed by atoms with Gasteiger partial charge in [0.2, 0.25) is 5.96 Å². The van der Waals surface area contributed by atoms with Crippen LogP contribution in [0.25, 0.3) is 11.0 Å². The minimum atomic E-state index is -0.310. The fourth-order valence-corrected chi connectivity index (χ4v) is 2.24. The molecule has 0 unspecified atom stereocenters. The lowest BCUT2D eigenvalue weighted by Crippen LogP contribution is -2.22. The van der Waals surface area contributed by atoms with Gasteiger partial charge in [-0.2, -0.15) is 5.10 Å². The molecule has 0 saturated heterocycles. The molecule has 3 rings (SSSR count). The summed E-state index contributed by atoms with van der Waals surface area (Å²) in [6.07, 6.45) is 0. The number of fused-ring (bicyclic) bond motifs is 1. The Morgan fingerprint density at radius 3 is 2.48 bits per heavy atom. The lowest BCUT2D eigenvalue weighted by Gasteiger charge is -2.04. The highest BCUT2D eigenvalue weighted by Crippen LogP contribution is 2.14. The molecule has 3 aromatic rings. The van der Waals surface area contributed by atoms with Crippen molar-refractivity contribution in [2.75, 3.05) is 5.32 Å². The number of carbonyl (C=O) groups is 1. The minimum Gasteiger partial charge on any atom is -0.369 e. The Labute approximate surface area is 143 Å². The third kappa shape index (κ3) is 3.81. The highest BCUT2D eigenvalue weighted by atomic mass is 16.2. The molecule has 0 atom stereocenters. The molecule has 0 bridgehead atoms. The molecule has 6 N–H and O–H groups in total. The summed E-state index contributed by atoms with van der Waals surface area (Å²) in [7, 11) is 0. The van der Waals surface area contributed by atoms with E-state index in [1.54, 1.807) is 19.1 Å². The number of nitrogens with zero attached hydrogens (tertiary/aromatic N) is 3. The zero-order valence-corrected chi connectivity index (χ0v) is 13.5. The van der Waals surface area contributed by atoms with Crippen LogP contribution in [0.4, 0.5) is 5.69 Å². The van der Waals surface area contributed by atoms with E-state index in [4.69, 9.17) is 11.5 Å². The van der Waals surface area contributed by atoms with Gasteiger partial charge in [0, 0.05) is 5.69 Å². The zero-order valence-electron chi connectivity index (χ0n) is 13.5. The van der Waals surface area contributed by atoms with E-state index >= 15 is 0 Å². The molecule has 1 aromatic heterocycles. The van der Waals surface area contributed by atoms with Crippen LogP contribution in [0.3, 0.4) is 0 Å². The average Bonchev–Trinajstić information content (AvgIpc) is 3.04. The number of imidazole rings is 1. The lowest BCUT2D eigenvalue weighted by atomic mass is 10.1. The Hall–Kier alpha value is -3.68. The second-order valence-corrected chi connectivity index (χ2v) is 5.34. The predicted molar refractivity (Wildman–Crippen MR) is 98.5 cm³/mol. The minimum absolute atomic E-state index is 0.103. The van der Waals surface area contributed by atoms with Gasteiger partial charge in [0.25, 0.3) is 5.91 Å². The summed E-state index contributed by atoms with van der Waals surface area (Å²) in [6.45, 7) is 1.79. The number of guanidine groups is 1. The number of anilines is 1. The van der Waals surface area contributed by atoms with Crippen molar-refractivity contribution in [2.45, 2.75) is 6.92 Å². The highest BCUT2D eigenvalue weighted by molar-refractivity contribution is 6.04. The van der Waals surface area contributed by atoms with Gasteiger partial charge in [0.15, 0.2) is 5.82 Å². The van der Waals surface area contributed by atoms with Crippen LogP contribution in [0.2, 0.25) is 0 Å². The number of aromatic nitrogens is 2. The molecule has 0 aliphatic heterocycles. The van der Waals surface area contributed by atoms with Gasteiger partial charge in [0.05, 0.1) is 16.7 Å². The van der Waals surface area contributed by atoms with Crippen molar-refractivity contribution in [3.63, 3.8) is 0 Å². The molecule has 0 aliphatic rings. The SMILES string of the molecule is CC(=NN=C(N)N)c1ccc(NC(=O)c2nc3ccccc3[nH]2)cc1. The van der Waals surface area contributed by atoms with Crippen molar-refractivity contribution in [1.82, 2.24) is 9.97 Å². The van der Waals surface area contributed by atoms with Crippen LogP contribution in [-0.4, -0.2) is 27.5 Å². The zero-order chi connectivity index (χ0) is 17.8. The summed E-state index contributed by atoms with van der Waals surface area (Å²) in [5.74, 6) is -0.153. The summed E-state index contributed by atoms with van der Waals surface area (Å²) in [6, 6.07) is 14.6. The Bertz CT molecular complexity index is 933. The summed E-state index contributed by atoms with van der Waals surface area (Å²) in [5, 5.41) is 10.3. The van der Waals surface area contributed by atoms with Crippen molar-refractivity contribution < 1.29 is 4.79 Å². The molecule has 2 aromatic carbocycles. The first-order valence-electron chi connectivity index (χ1n) is 7.52. The van der Waals surface area contributed by atoms with Gasteiger partial charge in [0.1, 0.15) is 0 Å². The quantitative estimate of drug-likeness (QED) is 0.328. The Morgan fingerprint density at radius 1 is 1.08 bits per heavy atom. The molecule has 0 fully saturated rings. The fraction of sp³-hybridized carbons (Fsp3) is 0.0588. The third-order valence-corrected chi connectivity index (χ3v) is 3.48. The van der Waals surface area contributed by atoms with E-state index in [1.807, 2.05) is 36.4 Å². The van der Waals surface area contributed by atoms with Crippen molar-refractivity contribution in [3.8, 4) is 0 Å². The summed E-state index contributed by atoms with van der Waals surface area (Å²) in [4.78, 5) is 19.6. The van der Waals surface area contributed by atoms with Crippen LogP contribution in [-0.2, 0) is 0 Å². The van der Waals surface area contributed by atoms with Crippen LogP contribution in [0, 0.1) is 0 Å². The van der Waals surface area contributed by atoms with E-state index in [2.05, 4.69) is 25.5 Å². The number of rotatable bonds is 4. The standard InChI is InChI=1S/C17H17N7O/c1-10(23-24-17(18)19)11-6-8-12(9-7-11)20-16(25)15-21-13-4-2-3-5-14(13)22-15/h2-9H,1H3,(H,20,25)(H,21,22)(H4,18,19,24). The maximum Gasteiger partial charge on any atom is 0.291 e. The molecule has 8 heteroatoms. The normalized spacial score (nSPS) is 11.3. The number of amides is 1.